The van der Waals surface area contributed by atoms with E-state index in [4.69, 9.17) is 5.11 Å². The van der Waals surface area contributed by atoms with Crippen molar-refractivity contribution in [2.75, 3.05) is 7.05 Å². The number of hydrogen-bond donors (Lipinski definition) is 2. The number of nitrogens with one attached hydrogen (secondary N) is 1. The van der Waals surface area contributed by atoms with Gasteiger partial charge in [-0.05, 0) is 6.08 Å². The van der Waals surface area contributed by atoms with Gasteiger partial charge in [-0.1, -0.05) is 6.58 Å². The minimum Gasteiger partial charge on any atom is -0.370 e. The van der Waals surface area contributed by atoms with Crippen LogP contribution < -0.4 is 5.32 Å². The molecule has 1 rings (SSSR count). The Balaban J connectivity index is 2.65. The van der Waals surface area contributed by atoms with Crippen LogP contribution in [0.25, 0.3) is 0 Å². The van der Waals surface area contributed by atoms with Crippen molar-refractivity contribution < 1.29 is 5.11 Å². The first-order chi connectivity index (χ1) is 4.20. The summed E-state index contributed by atoms with van der Waals surface area (Å²) in [6, 6.07) is 0. The van der Waals surface area contributed by atoms with E-state index < -0.39 is 6.23 Å². The van der Waals surface area contributed by atoms with E-state index in [1.165, 1.54) is 0 Å². The topological polar surface area (TPSA) is 35.5 Å². The van der Waals surface area contributed by atoms with Crippen LogP contribution in [0.15, 0.2) is 24.7 Å². The summed E-state index contributed by atoms with van der Waals surface area (Å²) in [5, 5.41) is 11.6. The molecule has 1 atom stereocenters. The summed E-state index contributed by atoms with van der Waals surface area (Å²) in [4.78, 5) is 1.80. The molecule has 1 aliphatic heterocycles. The fourth-order valence-electron chi connectivity index (χ4n) is 0.621. The lowest BCUT2D eigenvalue weighted by atomic mass is 10.4. The molecule has 0 aromatic heterocycles. The lowest BCUT2D eigenvalue weighted by molar-refractivity contribution is 0.176. The van der Waals surface area contributed by atoms with Crippen LogP contribution in [0.2, 0.25) is 0 Å². The Morgan fingerprint density at radius 1 is 1.89 bits per heavy atom. The summed E-state index contributed by atoms with van der Waals surface area (Å²) in [5.41, 5.74) is 0. The minimum absolute atomic E-state index is 0.575. The van der Waals surface area contributed by atoms with Crippen LogP contribution in [-0.2, 0) is 0 Å². The largest absolute Gasteiger partial charge is 0.370 e. The van der Waals surface area contributed by atoms with Gasteiger partial charge in [-0.15, -0.1) is 0 Å². The lowest BCUT2D eigenvalue weighted by Crippen LogP contribution is -2.36. The molecule has 1 aliphatic rings. The van der Waals surface area contributed by atoms with Crippen LogP contribution in [0.3, 0.4) is 0 Å². The summed E-state index contributed by atoms with van der Waals surface area (Å²) < 4.78 is 0. The third kappa shape index (κ3) is 1.23. The van der Waals surface area contributed by atoms with Gasteiger partial charge in [0.2, 0.25) is 0 Å². The van der Waals surface area contributed by atoms with Crippen LogP contribution >= 0.6 is 0 Å². The Bertz CT molecular complexity index is 153. The van der Waals surface area contributed by atoms with E-state index in [1.807, 2.05) is 7.05 Å². The average Bonchev–Trinajstić information content (AvgIpc) is 1.80. The number of nitrogens with zero attached hydrogens (tertiary/aromatic N) is 1. The molecule has 0 radical (unpaired) electrons. The fourth-order valence-corrected chi connectivity index (χ4v) is 0.621. The zero-order valence-electron chi connectivity index (χ0n) is 5.33. The molecule has 1 unspecified atom stereocenters. The summed E-state index contributed by atoms with van der Waals surface area (Å²) in [6.45, 7) is 3.65. The standard InChI is InChI=1S/C6H10N2O/c1-5-7-6(9)3-4-8(5)2/h3-4,6-7,9H,1H2,2H3. The monoisotopic (exact) mass is 126 g/mol. The minimum atomic E-state index is -0.575. The summed E-state index contributed by atoms with van der Waals surface area (Å²) >= 11 is 0. The van der Waals surface area contributed by atoms with Crippen molar-refractivity contribution in [3.8, 4) is 0 Å². The van der Waals surface area contributed by atoms with E-state index in [1.54, 1.807) is 17.2 Å². The first-order valence-corrected chi connectivity index (χ1v) is 2.75. The molecule has 0 saturated carbocycles. The molecule has 50 valence electrons. The maximum atomic E-state index is 8.91. The normalized spacial score (nSPS) is 26.2. The predicted molar refractivity (Wildman–Crippen MR) is 35.2 cm³/mol. The molecule has 0 spiro atoms. The van der Waals surface area contributed by atoms with Crippen molar-refractivity contribution in [1.29, 1.82) is 0 Å². The molecule has 0 aromatic carbocycles. The molecule has 0 amide bonds. The fraction of sp³-hybridized carbons (Fsp3) is 0.333. The van der Waals surface area contributed by atoms with Gasteiger partial charge in [0.05, 0.1) is 5.82 Å². The molecule has 1 heterocycles. The second-order valence-electron chi connectivity index (χ2n) is 1.99. The molecular formula is C6H10N2O. The van der Waals surface area contributed by atoms with Crippen molar-refractivity contribution in [3.63, 3.8) is 0 Å². The van der Waals surface area contributed by atoms with Gasteiger partial charge in [-0.25, -0.2) is 0 Å². The van der Waals surface area contributed by atoms with Gasteiger partial charge in [-0.2, -0.15) is 0 Å². The summed E-state index contributed by atoms with van der Waals surface area (Å²) in [7, 11) is 1.86. The Labute approximate surface area is 54.3 Å². The van der Waals surface area contributed by atoms with E-state index in [0.717, 1.165) is 0 Å². The number of aliphatic hydroxyl groups is 1. The molecule has 0 aromatic rings. The van der Waals surface area contributed by atoms with Crippen LogP contribution in [0.1, 0.15) is 0 Å². The maximum absolute atomic E-state index is 8.91. The third-order valence-electron chi connectivity index (χ3n) is 1.23. The van der Waals surface area contributed by atoms with E-state index in [9.17, 15) is 0 Å². The van der Waals surface area contributed by atoms with Crippen LogP contribution in [0, 0.1) is 0 Å². The Hall–Kier alpha value is -0.960. The molecule has 3 nitrogen and oxygen atoms in total. The Kier molecular flexibility index (Phi) is 1.44. The molecule has 2 N–H and O–H groups in total. The smallest absolute Gasteiger partial charge is 0.146 e. The van der Waals surface area contributed by atoms with E-state index in [-0.39, 0.29) is 0 Å². The second kappa shape index (κ2) is 2.11. The van der Waals surface area contributed by atoms with Crippen molar-refractivity contribution in [2.24, 2.45) is 0 Å². The third-order valence-corrected chi connectivity index (χ3v) is 1.23. The van der Waals surface area contributed by atoms with Crippen molar-refractivity contribution in [2.45, 2.75) is 6.23 Å². The number of aliphatic hydroxyl groups excluding tert-OH is 1. The molecule has 0 aliphatic carbocycles. The molecular weight excluding hydrogens is 116 g/mol. The van der Waals surface area contributed by atoms with E-state index in [0.29, 0.717) is 5.82 Å². The quantitative estimate of drug-likeness (QED) is 0.473. The van der Waals surface area contributed by atoms with Crippen molar-refractivity contribution >= 4 is 0 Å². The second-order valence-corrected chi connectivity index (χ2v) is 1.99. The average molecular weight is 126 g/mol. The lowest BCUT2D eigenvalue weighted by Gasteiger charge is -2.25. The molecule has 0 saturated heterocycles. The number of hydrogen-bond acceptors (Lipinski definition) is 3. The highest BCUT2D eigenvalue weighted by Gasteiger charge is 2.07. The Morgan fingerprint density at radius 2 is 2.56 bits per heavy atom. The van der Waals surface area contributed by atoms with Crippen molar-refractivity contribution in [3.05, 3.63) is 24.7 Å². The SMILES string of the molecule is C=C1NC(O)C=CN1C. The van der Waals surface area contributed by atoms with Gasteiger partial charge in [-0.3, -0.25) is 0 Å². The van der Waals surface area contributed by atoms with Gasteiger partial charge < -0.3 is 15.3 Å². The first kappa shape index (κ1) is 6.16. The van der Waals surface area contributed by atoms with Crippen LogP contribution in [0.5, 0.6) is 0 Å². The van der Waals surface area contributed by atoms with Gasteiger partial charge in [0.25, 0.3) is 0 Å². The molecule has 3 heteroatoms. The highest BCUT2D eigenvalue weighted by Crippen LogP contribution is 2.02. The molecule has 0 fully saturated rings. The summed E-state index contributed by atoms with van der Waals surface area (Å²) in [5.74, 6) is 0.713. The van der Waals surface area contributed by atoms with E-state index in [2.05, 4.69) is 11.9 Å². The zero-order valence-corrected chi connectivity index (χ0v) is 5.33. The highest BCUT2D eigenvalue weighted by atomic mass is 16.3. The zero-order chi connectivity index (χ0) is 6.85. The van der Waals surface area contributed by atoms with Crippen molar-refractivity contribution in [1.82, 2.24) is 10.2 Å². The summed E-state index contributed by atoms with van der Waals surface area (Å²) in [6.07, 6.45) is 2.84. The van der Waals surface area contributed by atoms with E-state index >= 15 is 0 Å². The highest BCUT2D eigenvalue weighted by molar-refractivity contribution is 5.05. The van der Waals surface area contributed by atoms with Gasteiger partial charge >= 0.3 is 0 Å². The van der Waals surface area contributed by atoms with Crippen LogP contribution in [-0.4, -0.2) is 23.3 Å². The Morgan fingerprint density at radius 3 is 3.00 bits per heavy atom. The maximum Gasteiger partial charge on any atom is 0.146 e. The van der Waals surface area contributed by atoms with Gasteiger partial charge in [0.15, 0.2) is 0 Å². The van der Waals surface area contributed by atoms with Crippen LogP contribution in [0.4, 0.5) is 0 Å². The van der Waals surface area contributed by atoms with Gasteiger partial charge in [0.1, 0.15) is 6.23 Å². The first-order valence-electron chi connectivity index (χ1n) is 2.75. The predicted octanol–water partition coefficient (Wildman–Crippen LogP) is -0.175. The molecule has 0 bridgehead atoms. The molecule has 9 heavy (non-hydrogen) atoms. The number of rotatable bonds is 0. The van der Waals surface area contributed by atoms with Gasteiger partial charge in [0, 0.05) is 13.2 Å².